The van der Waals surface area contributed by atoms with Crippen LogP contribution in [0.1, 0.15) is 15.9 Å². The molecule has 0 radical (unpaired) electrons. The quantitative estimate of drug-likeness (QED) is 0.440. The van der Waals surface area contributed by atoms with Crippen LogP contribution in [0, 0.1) is 0 Å². The van der Waals surface area contributed by atoms with Crippen molar-refractivity contribution in [1.82, 2.24) is 5.43 Å². The summed E-state index contributed by atoms with van der Waals surface area (Å²) in [7, 11) is 0. The summed E-state index contributed by atoms with van der Waals surface area (Å²) in [5, 5.41) is 0. The van der Waals surface area contributed by atoms with Gasteiger partial charge in [-0.2, -0.15) is 3.89 Å². The zero-order chi connectivity index (χ0) is 9.68. The van der Waals surface area contributed by atoms with E-state index in [1.54, 1.807) is 24.3 Å². The number of hydrogen-bond donors (Lipinski definition) is 2. The first-order valence-corrected chi connectivity index (χ1v) is 4.50. The van der Waals surface area contributed by atoms with Gasteiger partial charge in [-0.25, -0.2) is 5.84 Å². The molecule has 0 heterocycles. The highest BCUT2D eigenvalue weighted by atomic mass is 32.2. The molecule has 0 bridgehead atoms. The van der Waals surface area contributed by atoms with Crippen LogP contribution < -0.4 is 11.3 Å². The zero-order valence-corrected chi connectivity index (χ0v) is 7.60. The molecular weight excluding hydrogens is 191 g/mol. The Labute approximate surface area is 79.8 Å². The molecule has 1 rings (SSSR count). The molecule has 5 heteroatoms. The van der Waals surface area contributed by atoms with Gasteiger partial charge in [0.15, 0.2) is 0 Å². The van der Waals surface area contributed by atoms with Crippen molar-refractivity contribution in [3.8, 4) is 0 Å². The van der Waals surface area contributed by atoms with Crippen LogP contribution in [0.5, 0.6) is 0 Å². The van der Waals surface area contributed by atoms with Gasteiger partial charge in [0, 0.05) is 17.7 Å². The molecule has 0 aromatic heterocycles. The molecule has 13 heavy (non-hydrogen) atoms. The Kier molecular flexibility index (Phi) is 3.72. The van der Waals surface area contributed by atoms with Gasteiger partial charge in [-0.3, -0.25) is 10.2 Å². The SMILES string of the molecule is NNC(=O)c1ccc(CSF)cc1. The Bertz CT molecular complexity index is 289. The lowest BCUT2D eigenvalue weighted by atomic mass is 10.1. The predicted octanol–water partition coefficient (Wildman–Crippen LogP) is 1.41. The summed E-state index contributed by atoms with van der Waals surface area (Å²) in [6, 6.07) is 6.59. The Hall–Kier alpha value is -1.07. The van der Waals surface area contributed by atoms with Gasteiger partial charge >= 0.3 is 0 Å². The largest absolute Gasteiger partial charge is 0.290 e. The summed E-state index contributed by atoms with van der Waals surface area (Å²) in [6.07, 6.45) is 0. The maximum absolute atomic E-state index is 11.8. The van der Waals surface area contributed by atoms with Gasteiger partial charge in [0.25, 0.3) is 5.91 Å². The second-order valence-corrected chi connectivity index (χ2v) is 2.93. The minimum absolute atomic E-state index is 0.249. The second-order valence-electron chi connectivity index (χ2n) is 2.42. The fourth-order valence-corrected chi connectivity index (χ4v) is 1.22. The topological polar surface area (TPSA) is 55.1 Å². The second kappa shape index (κ2) is 4.84. The standard InChI is InChI=1S/C8H9FN2OS/c9-13-5-6-1-3-7(4-2-6)8(12)11-10/h1-4H,5,10H2,(H,11,12). The molecule has 1 aromatic carbocycles. The summed E-state index contributed by atoms with van der Waals surface area (Å²) >= 11 is 0.249. The summed E-state index contributed by atoms with van der Waals surface area (Å²) < 4.78 is 11.8. The van der Waals surface area contributed by atoms with Crippen molar-refractivity contribution in [2.75, 3.05) is 0 Å². The average molecular weight is 200 g/mol. The highest BCUT2D eigenvalue weighted by molar-refractivity contribution is 7.93. The number of rotatable bonds is 3. The van der Waals surface area contributed by atoms with Crippen LogP contribution >= 0.6 is 12.1 Å². The minimum atomic E-state index is -0.348. The number of hydrogen-bond acceptors (Lipinski definition) is 3. The van der Waals surface area contributed by atoms with Crippen molar-refractivity contribution in [3.05, 3.63) is 35.4 Å². The third-order valence-electron chi connectivity index (χ3n) is 1.57. The number of amides is 1. The molecule has 0 fully saturated rings. The van der Waals surface area contributed by atoms with Crippen LogP contribution in [-0.2, 0) is 5.75 Å². The van der Waals surface area contributed by atoms with Crippen LogP contribution in [0.3, 0.4) is 0 Å². The number of carbonyl (C=O) groups is 1. The monoisotopic (exact) mass is 200 g/mol. The number of nitrogen functional groups attached to an aromatic ring is 1. The van der Waals surface area contributed by atoms with Crippen molar-refractivity contribution in [1.29, 1.82) is 0 Å². The molecule has 70 valence electrons. The van der Waals surface area contributed by atoms with Crippen molar-refractivity contribution >= 4 is 18.1 Å². The van der Waals surface area contributed by atoms with E-state index in [1.807, 2.05) is 5.43 Å². The fourth-order valence-electron chi connectivity index (χ4n) is 0.899. The first-order chi connectivity index (χ1) is 6.27. The van der Waals surface area contributed by atoms with E-state index in [4.69, 9.17) is 5.84 Å². The van der Waals surface area contributed by atoms with Gasteiger partial charge in [-0.15, -0.1) is 0 Å². The predicted molar refractivity (Wildman–Crippen MR) is 50.5 cm³/mol. The van der Waals surface area contributed by atoms with E-state index in [-0.39, 0.29) is 18.1 Å². The van der Waals surface area contributed by atoms with Gasteiger partial charge in [0.1, 0.15) is 0 Å². The fraction of sp³-hybridized carbons (Fsp3) is 0.125. The zero-order valence-electron chi connectivity index (χ0n) is 6.79. The van der Waals surface area contributed by atoms with Crippen LogP contribution in [0.4, 0.5) is 3.89 Å². The normalized spacial score (nSPS) is 9.69. The van der Waals surface area contributed by atoms with Gasteiger partial charge in [0.05, 0.1) is 5.75 Å². The van der Waals surface area contributed by atoms with E-state index in [1.165, 1.54) is 0 Å². The highest BCUT2D eigenvalue weighted by Gasteiger charge is 2.02. The molecule has 0 saturated carbocycles. The molecule has 0 atom stereocenters. The first-order valence-electron chi connectivity index (χ1n) is 3.61. The molecule has 0 unspecified atom stereocenters. The number of halogens is 1. The van der Waals surface area contributed by atoms with Gasteiger partial charge in [0.2, 0.25) is 0 Å². The van der Waals surface area contributed by atoms with Crippen molar-refractivity contribution in [3.63, 3.8) is 0 Å². The van der Waals surface area contributed by atoms with Gasteiger partial charge in [-0.1, -0.05) is 12.1 Å². The van der Waals surface area contributed by atoms with E-state index in [9.17, 15) is 8.68 Å². The molecule has 0 aliphatic carbocycles. The Balaban J connectivity index is 2.75. The van der Waals surface area contributed by atoms with Crippen LogP contribution in [0.2, 0.25) is 0 Å². The number of carbonyl (C=O) groups excluding carboxylic acids is 1. The first kappa shape index (κ1) is 10.0. The lowest BCUT2D eigenvalue weighted by Crippen LogP contribution is -2.29. The van der Waals surface area contributed by atoms with E-state index in [0.717, 1.165) is 5.56 Å². The molecule has 0 saturated heterocycles. The van der Waals surface area contributed by atoms with Crippen LogP contribution in [0.15, 0.2) is 24.3 Å². The van der Waals surface area contributed by atoms with Gasteiger partial charge in [-0.05, 0) is 17.7 Å². The lowest BCUT2D eigenvalue weighted by molar-refractivity contribution is 0.0953. The van der Waals surface area contributed by atoms with Gasteiger partial charge < -0.3 is 0 Å². The van der Waals surface area contributed by atoms with E-state index in [2.05, 4.69) is 0 Å². The minimum Gasteiger partial charge on any atom is -0.290 e. The Morgan fingerprint density at radius 1 is 1.46 bits per heavy atom. The van der Waals surface area contributed by atoms with E-state index < -0.39 is 0 Å². The molecule has 0 aliphatic heterocycles. The number of nitrogens with one attached hydrogen (secondary N) is 1. The Morgan fingerprint density at radius 3 is 2.54 bits per heavy atom. The third kappa shape index (κ3) is 2.71. The molecule has 1 aromatic rings. The molecule has 3 nitrogen and oxygen atoms in total. The van der Waals surface area contributed by atoms with Crippen molar-refractivity contribution in [2.24, 2.45) is 5.84 Å². The third-order valence-corrected chi connectivity index (χ3v) is 2.01. The van der Waals surface area contributed by atoms with Crippen LogP contribution in [0.25, 0.3) is 0 Å². The summed E-state index contributed by atoms with van der Waals surface area (Å²) in [4.78, 5) is 11.0. The molecular formula is C8H9FN2OS. The molecule has 1 amide bonds. The molecule has 3 N–H and O–H groups in total. The smallest absolute Gasteiger partial charge is 0.265 e. The number of nitrogens with two attached hydrogens (primary N) is 1. The number of benzene rings is 1. The average Bonchev–Trinajstić information content (AvgIpc) is 2.18. The lowest BCUT2D eigenvalue weighted by Gasteiger charge is -2.00. The summed E-state index contributed by atoms with van der Waals surface area (Å²) in [6.45, 7) is 0. The van der Waals surface area contributed by atoms with Crippen molar-refractivity contribution in [2.45, 2.75) is 5.75 Å². The molecule has 0 aliphatic rings. The molecule has 0 spiro atoms. The van der Waals surface area contributed by atoms with E-state index in [0.29, 0.717) is 11.3 Å². The Morgan fingerprint density at radius 2 is 2.08 bits per heavy atom. The summed E-state index contributed by atoms with van der Waals surface area (Å²) in [5.41, 5.74) is 3.32. The highest BCUT2D eigenvalue weighted by Crippen LogP contribution is 2.13. The van der Waals surface area contributed by atoms with E-state index >= 15 is 0 Å². The maximum atomic E-state index is 11.8. The summed E-state index contributed by atoms with van der Waals surface area (Å²) in [5.74, 6) is 4.89. The number of hydrazine groups is 1. The van der Waals surface area contributed by atoms with Crippen LogP contribution in [-0.4, -0.2) is 5.91 Å². The van der Waals surface area contributed by atoms with Crippen molar-refractivity contribution < 1.29 is 8.68 Å². The maximum Gasteiger partial charge on any atom is 0.265 e.